The number of hydrogen-bond donors (Lipinski definition) is 3. The lowest BCUT2D eigenvalue weighted by Gasteiger charge is -2.31. The summed E-state index contributed by atoms with van der Waals surface area (Å²) in [6, 6.07) is 14.3. The minimum Gasteiger partial charge on any atom is -0.377 e. The minimum atomic E-state index is 0.287. The Morgan fingerprint density at radius 2 is 1.61 bits per heavy atom. The topological polar surface area (TPSA) is 52.2 Å². The van der Waals surface area contributed by atoms with Crippen LogP contribution < -0.4 is 20.9 Å². The molecule has 1 heterocycles. The van der Waals surface area contributed by atoms with E-state index in [1.54, 1.807) is 12.1 Å². The Bertz CT molecular complexity index is 1140. The van der Waals surface area contributed by atoms with Crippen LogP contribution in [0.2, 0.25) is 15.1 Å². The van der Waals surface area contributed by atoms with Crippen molar-refractivity contribution in [1.82, 2.24) is 10.3 Å². The summed E-state index contributed by atoms with van der Waals surface area (Å²) in [7, 11) is 4.12. The maximum Gasteiger partial charge on any atom is 0.171 e. The summed E-state index contributed by atoms with van der Waals surface area (Å²) < 4.78 is 0. The zero-order valence-corrected chi connectivity index (χ0v) is 21.5. The first-order valence-corrected chi connectivity index (χ1v) is 12.4. The van der Waals surface area contributed by atoms with E-state index in [1.807, 2.05) is 12.1 Å². The highest BCUT2D eigenvalue weighted by molar-refractivity contribution is 7.80. The molecule has 3 N–H and O–H groups in total. The second kappa shape index (κ2) is 10.5. The number of hydrogen-bond acceptors (Lipinski definition) is 4. The van der Waals surface area contributed by atoms with Gasteiger partial charge in [0, 0.05) is 48.3 Å². The molecule has 1 aromatic heterocycles. The molecule has 1 aliphatic rings. The molecule has 0 spiro atoms. The molecule has 0 unspecified atom stereocenters. The highest BCUT2D eigenvalue weighted by atomic mass is 35.5. The number of anilines is 3. The third-order valence-corrected chi connectivity index (χ3v) is 6.87. The molecule has 1 fully saturated rings. The van der Waals surface area contributed by atoms with E-state index in [-0.39, 0.29) is 6.04 Å². The monoisotopic (exact) mass is 521 g/mol. The first-order chi connectivity index (χ1) is 15.8. The van der Waals surface area contributed by atoms with Crippen LogP contribution in [0.1, 0.15) is 25.7 Å². The number of thiocarbonyl (C=S) groups is 1. The van der Waals surface area contributed by atoms with Crippen LogP contribution in [0.3, 0.4) is 0 Å². The Kier molecular flexibility index (Phi) is 7.69. The van der Waals surface area contributed by atoms with Gasteiger partial charge < -0.3 is 20.9 Å². The number of nitrogens with zero attached hydrogens (tertiary/aromatic N) is 2. The summed E-state index contributed by atoms with van der Waals surface area (Å²) in [5.74, 6) is 0.915. The molecule has 0 radical (unpaired) electrons. The molecular formula is C24H26Cl3N5S. The van der Waals surface area contributed by atoms with E-state index >= 15 is 0 Å². The molecule has 0 bridgehead atoms. The molecule has 0 aliphatic heterocycles. The van der Waals surface area contributed by atoms with Gasteiger partial charge in [0.15, 0.2) is 5.11 Å². The molecule has 0 amide bonds. The van der Waals surface area contributed by atoms with Crippen molar-refractivity contribution >= 4 is 80.2 Å². The Labute approximate surface area is 214 Å². The Morgan fingerprint density at radius 3 is 2.27 bits per heavy atom. The number of fused-ring (bicyclic) bond motifs is 1. The van der Waals surface area contributed by atoms with E-state index in [1.165, 1.54) is 0 Å². The van der Waals surface area contributed by atoms with Crippen LogP contribution in [0, 0.1) is 0 Å². The summed E-state index contributed by atoms with van der Waals surface area (Å²) >= 11 is 24.0. The van der Waals surface area contributed by atoms with Gasteiger partial charge >= 0.3 is 0 Å². The minimum absolute atomic E-state index is 0.287. The maximum atomic E-state index is 6.25. The Hall–Kier alpha value is -1.99. The van der Waals surface area contributed by atoms with Crippen molar-refractivity contribution in [3.05, 3.63) is 57.5 Å². The third-order valence-electron chi connectivity index (χ3n) is 5.84. The number of rotatable bonds is 5. The van der Waals surface area contributed by atoms with Gasteiger partial charge in [-0.3, -0.25) is 0 Å². The largest absolute Gasteiger partial charge is 0.377 e. The summed E-state index contributed by atoms with van der Waals surface area (Å²) in [5, 5.41) is 13.1. The summed E-state index contributed by atoms with van der Waals surface area (Å²) in [4.78, 5) is 6.96. The molecule has 33 heavy (non-hydrogen) atoms. The van der Waals surface area contributed by atoms with E-state index in [9.17, 15) is 0 Å². The van der Waals surface area contributed by atoms with Crippen LogP contribution in [0.25, 0.3) is 10.9 Å². The average Bonchev–Trinajstić information content (AvgIpc) is 2.77. The SMILES string of the molecule is CN(C)c1cc(NC2CCC(NC(=S)Nc3c(Cl)cc(Cl)cc3Cl)CC2)nc2ccccc12. The molecular weight excluding hydrogens is 497 g/mol. The Morgan fingerprint density at radius 1 is 0.970 bits per heavy atom. The smallest absolute Gasteiger partial charge is 0.171 e. The lowest BCUT2D eigenvalue weighted by atomic mass is 9.91. The zero-order chi connectivity index (χ0) is 23.5. The van der Waals surface area contributed by atoms with Crippen molar-refractivity contribution in [2.45, 2.75) is 37.8 Å². The predicted molar refractivity (Wildman–Crippen MR) is 147 cm³/mol. The van der Waals surface area contributed by atoms with Crippen molar-refractivity contribution in [3.8, 4) is 0 Å². The van der Waals surface area contributed by atoms with Gasteiger partial charge in [0.25, 0.3) is 0 Å². The van der Waals surface area contributed by atoms with Crippen LogP contribution in [0.4, 0.5) is 17.2 Å². The van der Waals surface area contributed by atoms with Gasteiger partial charge in [0.2, 0.25) is 0 Å². The van der Waals surface area contributed by atoms with Gasteiger partial charge in [-0.1, -0.05) is 53.0 Å². The molecule has 0 saturated heterocycles. The summed E-state index contributed by atoms with van der Waals surface area (Å²) in [6.07, 6.45) is 4.04. The number of para-hydroxylation sites is 1. The van der Waals surface area contributed by atoms with E-state index in [0.29, 0.717) is 31.9 Å². The lowest BCUT2D eigenvalue weighted by molar-refractivity contribution is 0.388. The van der Waals surface area contributed by atoms with Crippen molar-refractivity contribution in [1.29, 1.82) is 0 Å². The van der Waals surface area contributed by atoms with Crippen LogP contribution in [-0.2, 0) is 0 Å². The van der Waals surface area contributed by atoms with Gasteiger partial charge in [-0.2, -0.15) is 0 Å². The second-order valence-electron chi connectivity index (χ2n) is 8.47. The van der Waals surface area contributed by atoms with Gasteiger partial charge in [-0.15, -0.1) is 0 Å². The first-order valence-electron chi connectivity index (χ1n) is 10.9. The van der Waals surface area contributed by atoms with Crippen LogP contribution in [-0.4, -0.2) is 36.3 Å². The fraction of sp³-hybridized carbons (Fsp3) is 0.333. The average molecular weight is 523 g/mol. The van der Waals surface area contributed by atoms with Crippen LogP contribution in [0.15, 0.2) is 42.5 Å². The van der Waals surface area contributed by atoms with Crippen molar-refractivity contribution in [3.63, 3.8) is 0 Å². The molecule has 4 rings (SSSR count). The number of nitrogens with one attached hydrogen (secondary N) is 3. The first kappa shape index (κ1) is 24.1. The summed E-state index contributed by atoms with van der Waals surface area (Å²) in [6.45, 7) is 0. The van der Waals surface area contributed by atoms with Gasteiger partial charge in [-0.05, 0) is 56.1 Å². The van der Waals surface area contributed by atoms with E-state index in [0.717, 1.165) is 48.1 Å². The molecule has 0 atom stereocenters. The number of pyridine rings is 1. The Balaban J connectivity index is 1.34. The second-order valence-corrected chi connectivity index (χ2v) is 10.1. The molecule has 3 aromatic rings. The fourth-order valence-electron chi connectivity index (χ4n) is 4.19. The van der Waals surface area contributed by atoms with Crippen molar-refractivity contribution in [2.75, 3.05) is 29.6 Å². The molecule has 1 saturated carbocycles. The van der Waals surface area contributed by atoms with Crippen molar-refractivity contribution < 1.29 is 0 Å². The maximum absolute atomic E-state index is 6.25. The zero-order valence-electron chi connectivity index (χ0n) is 18.5. The van der Waals surface area contributed by atoms with Gasteiger partial charge in [-0.25, -0.2) is 4.98 Å². The van der Waals surface area contributed by atoms with E-state index in [4.69, 9.17) is 52.0 Å². The molecule has 1 aliphatic carbocycles. The number of aromatic nitrogens is 1. The van der Waals surface area contributed by atoms with Crippen LogP contribution in [0.5, 0.6) is 0 Å². The normalized spacial score (nSPS) is 18.1. The van der Waals surface area contributed by atoms with Gasteiger partial charge in [0.1, 0.15) is 5.82 Å². The van der Waals surface area contributed by atoms with Crippen LogP contribution >= 0.6 is 47.0 Å². The van der Waals surface area contributed by atoms with Gasteiger partial charge in [0.05, 0.1) is 21.2 Å². The standard InChI is InChI=1S/C24H26Cl3N5S/c1-32(2)21-13-22(30-20-6-4-3-5-17(20)21)28-15-7-9-16(10-8-15)29-24(33)31-23-18(26)11-14(25)12-19(23)27/h3-6,11-13,15-16H,7-10H2,1-2H3,(H,28,30)(H2,29,31,33). The molecule has 174 valence electrons. The third kappa shape index (κ3) is 5.93. The number of benzene rings is 2. The quantitative estimate of drug-likeness (QED) is 0.315. The molecule has 9 heteroatoms. The number of halogens is 3. The van der Waals surface area contributed by atoms with Crippen molar-refractivity contribution in [2.24, 2.45) is 0 Å². The molecule has 2 aromatic carbocycles. The highest BCUT2D eigenvalue weighted by Gasteiger charge is 2.23. The lowest BCUT2D eigenvalue weighted by Crippen LogP contribution is -2.42. The predicted octanol–water partition coefficient (Wildman–Crippen LogP) is 6.97. The molecule has 5 nitrogen and oxygen atoms in total. The fourth-order valence-corrected chi connectivity index (χ4v) is 5.37. The van der Waals surface area contributed by atoms with E-state index < -0.39 is 0 Å². The summed E-state index contributed by atoms with van der Waals surface area (Å²) in [5.41, 5.74) is 2.72. The highest BCUT2D eigenvalue weighted by Crippen LogP contribution is 2.34. The van der Waals surface area contributed by atoms with E-state index in [2.05, 4.69) is 53.1 Å².